The molecule has 3 heterocycles. The van der Waals surface area contributed by atoms with Gasteiger partial charge in [-0.05, 0) is 19.4 Å². The van der Waals surface area contributed by atoms with Crippen molar-refractivity contribution in [3.8, 4) is 0 Å². The number of hydrogen-bond donors (Lipinski definition) is 4. The number of rotatable bonds is 6. The SMILES string of the molecule is CO[C@H]1CN(c2nc(C(N)=O)c(C(=O)O)s2)CC[C@H]1NC(=O)c1cc(Cl)c(C)[nH]1. The van der Waals surface area contributed by atoms with Crippen molar-refractivity contribution in [2.24, 2.45) is 5.73 Å². The van der Waals surface area contributed by atoms with Gasteiger partial charge in [-0.3, -0.25) is 9.59 Å². The van der Waals surface area contributed by atoms with E-state index in [1.807, 2.05) is 4.90 Å². The lowest BCUT2D eigenvalue weighted by Gasteiger charge is -2.37. The smallest absolute Gasteiger partial charge is 0.348 e. The number of nitrogens with two attached hydrogens (primary N) is 1. The molecular formula is C17H20ClN5O5S. The monoisotopic (exact) mass is 441 g/mol. The number of halogens is 1. The lowest BCUT2D eigenvalue weighted by atomic mass is 10.0. The molecule has 2 atom stereocenters. The first kappa shape index (κ1) is 21.1. The van der Waals surface area contributed by atoms with Crippen molar-refractivity contribution in [3.05, 3.63) is 33.0 Å². The van der Waals surface area contributed by atoms with Crippen molar-refractivity contribution in [2.75, 3.05) is 25.1 Å². The summed E-state index contributed by atoms with van der Waals surface area (Å²) in [5.41, 5.74) is 6.04. The zero-order valence-corrected chi connectivity index (χ0v) is 17.3. The van der Waals surface area contributed by atoms with E-state index in [4.69, 9.17) is 22.1 Å². The molecule has 29 heavy (non-hydrogen) atoms. The molecule has 156 valence electrons. The number of nitrogens with one attached hydrogen (secondary N) is 2. The van der Waals surface area contributed by atoms with Crippen molar-refractivity contribution in [2.45, 2.75) is 25.5 Å². The summed E-state index contributed by atoms with van der Waals surface area (Å²) in [5, 5.41) is 13.0. The zero-order valence-electron chi connectivity index (χ0n) is 15.7. The minimum Gasteiger partial charge on any atom is -0.477 e. The van der Waals surface area contributed by atoms with Crippen molar-refractivity contribution >= 4 is 45.9 Å². The fraction of sp³-hybridized carbons (Fsp3) is 0.412. The van der Waals surface area contributed by atoms with E-state index in [-0.39, 0.29) is 28.6 Å². The molecule has 2 aromatic heterocycles. The average Bonchev–Trinajstić information content (AvgIpc) is 3.26. The first-order valence-electron chi connectivity index (χ1n) is 8.68. The van der Waals surface area contributed by atoms with Crippen molar-refractivity contribution in [1.29, 1.82) is 0 Å². The molecule has 0 unspecified atom stereocenters. The fourth-order valence-corrected chi connectivity index (χ4v) is 4.25. The molecule has 5 N–H and O–H groups in total. The number of aromatic nitrogens is 2. The van der Waals surface area contributed by atoms with E-state index in [0.29, 0.717) is 41.1 Å². The number of aromatic amines is 1. The topological polar surface area (TPSA) is 151 Å². The van der Waals surface area contributed by atoms with Gasteiger partial charge in [-0.1, -0.05) is 22.9 Å². The second-order valence-corrected chi connectivity index (χ2v) is 7.97. The number of aromatic carboxylic acids is 1. The maximum absolute atomic E-state index is 12.5. The van der Waals surface area contributed by atoms with E-state index in [2.05, 4.69) is 15.3 Å². The number of ether oxygens (including phenoxy) is 1. The molecule has 0 bridgehead atoms. The lowest BCUT2D eigenvalue weighted by molar-refractivity contribution is 0.0540. The summed E-state index contributed by atoms with van der Waals surface area (Å²) >= 11 is 6.88. The molecule has 1 fully saturated rings. The standard InChI is InChI=1S/C17H20ClN5O5S/c1-7-8(18)5-10(20-7)15(25)21-9-3-4-23(6-11(9)28-2)17-22-12(14(19)24)13(29-17)16(26)27/h5,9,11,20H,3-4,6H2,1-2H3,(H2,19,24)(H,21,25)(H,26,27)/t9-,11+/m1/s1. The van der Waals surface area contributed by atoms with Crippen LogP contribution in [0, 0.1) is 6.92 Å². The number of carbonyl (C=O) groups excluding carboxylic acids is 2. The first-order valence-corrected chi connectivity index (χ1v) is 9.88. The van der Waals surface area contributed by atoms with Crippen LogP contribution in [0.2, 0.25) is 5.02 Å². The predicted molar refractivity (Wildman–Crippen MR) is 107 cm³/mol. The number of amides is 2. The van der Waals surface area contributed by atoms with Crippen molar-refractivity contribution in [1.82, 2.24) is 15.3 Å². The van der Waals surface area contributed by atoms with Gasteiger partial charge in [0.1, 0.15) is 10.6 Å². The Morgan fingerprint density at radius 1 is 1.48 bits per heavy atom. The van der Waals surface area contributed by atoms with Crippen LogP contribution in [-0.2, 0) is 4.74 Å². The molecule has 12 heteroatoms. The van der Waals surface area contributed by atoms with E-state index in [9.17, 15) is 19.5 Å². The number of carbonyl (C=O) groups is 3. The summed E-state index contributed by atoms with van der Waals surface area (Å²) in [4.78, 5) is 43.9. The van der Waals surface area contributed by atoms with Gasteiger partial charge in [0.25, 0.3) is 11.8 Å². The summed E-state index contributed by atoms with van der Waals surface area (Å²) in [6.07, 6.45) is 0.166. The number of aryl methyl sites for hydroxylation is 1. The summed E-state index contributed by atoms with van der Waals surface area (Å²) in [7, 11) is 1.53. The second kappa shape index (κ2) is 8.39. The quantitative estimate of drug-likeness (QED) is 0.526. The van der Waals surface area contributed by atoms with Gasteiger partial charge in [-0.25, -0.2) is 9.78 Å². The number of carboxylic acids is 1. The number of hydrogen-bond acceptors (Lipinski definition) is 7. The molecular weight excluding hydrogens is 422 g/mol. The minimum absolute atomic E-state index is 0.198. The van der Waals surface area contributed by atoms with E-state index < -0.39 is 11.9 Å². The fourth-order valence-electron chi connectivity index (χ4n) is 3.15. The number of primary amides is 1. The molecule has 0 aromatic carbocycles. The van der Waals surface area contributed by atoms with E-state index >= 15 is 0 Å². The third-order valence-corrected chi connectivity index (χ3v) is 6.19. The maximum Gasteiger partial charge on any atom is 0.348 e. The number of H-pyrrole nitrogens is 1. The molecule has 0 spiro atoms. The number of carboxylic acid groups (broad SMARTS) is 1. The molecule has 1 aliphatic heterocycles. The van der Waals surface area contributed by atoms with Crippen LogP contribution in [0.3, 0.4) is 0 Å². The number of methoxy groups -OCH3 is 1. The third kappa shape index (κ3) is 4.36. The molecule has 1 aliphatic rings. The lowest BCUT2D eigenvalue weighted by Crippen LogP contribution is -2.55. The van der Waals surface area contributed by atoms with Crippen LogP contribution in [0.25, 0.3) is 0 Å². The summed E-state index contributed by atoms with van der Waals surface area (Å²) in [5.74, 6) is -2.44. The van der Waals surface area contributed by atoms with E-state index in [0.717, 1.165) is 11.3 Å². The van der Waals surface area contributed by atoms with Gasteiger partial charge in [0, 0.05) is 25.9 Å². The normalized spacial score (nSPS) is 19.2. The molecule has 2 aromatic rings. The minimum atomic E-state index is -1.26. The van der Waals surface area contributed by atoms with Crippen molar-refractivity contribution in [3.63, 3.8) is 0 Å². The molecule has 0 radical (unpaired) electrons. The number of nitrogens with zero attached hydrogens (tertiary/aromatic N) is 2. The molecule has 0 saturated carbocycles. The molecule has 0 aliphatic carbocycles. The molecule has 1 saturated heterocycles. The van der Waals surface area contributed by atoms with Crippen LogP contribution in [0.4, 0.5) is 5.13 Å². The van der Waals surface area contributed by atoms with Crippen LogP contribution < -0.4 is 16.0 Å². The Balaban J connectivity index is 1.72. The van der Waals surface area contributed by atoms with Gasteiger partial charge in [0.05, 0.1) is 17.2 Å². The van der Waals surface area contributed by atoms with Crippen LogP contribution in [0.15, 0.2) is 6.07 Å². The third-order valence-electron chi connectivity index (χ3n) is 4.69. The molecule has 3 rings (SSSR count). The van der Waals surface area contributed by atoms with Crippen LogP contribution >= 0.6 is 22.9 Å². The van der Waals surface area contributed by atoms with Gasteiger partial charge in [0.15, 0.2) is 10.8 Å². The van der Waals surface area contributed by atoms with Crippen LogP contribution in [0.5, 0.6) is 0 Å². The summed E-state index contributed by atoms with van der Waals surface area (Å²) in [6, 6.07) is 1.30. The van der Waals surface area contributed by atoms with Gasteiger partial charge in [-0.2, -0.15) is 0 Å². The maximum atomic E-state index is 12.5. The Kier molecular flexibility index (Phi) is 6.10. The van der Waals surface area contributed by atoms with E-state index in [1.165, 1.54) is 7.11 Å². The van der Waals surface area contributed by atoms with Gasteiger partial charge in [-0.15, -0.1) is 0 Å². The Hall–Kier alpha value is -2.63. The highest BCUT2D eigenvalue weighted by molar-refractivity contribution is 7.17. The Morgan fingerprint density at radius 3 is 2.72 bits per heavy atom. The Morgan fingerprint density at radius 2 is 2.21 bits per heavy atom. The van der Waals surface area contributed by atoms with Crippen LogP contribution in [0.1, 0.15) is 42.8 Å². The molecule has 2 amide bonds. The van der Waals surface area contributed by atoms with Crippen LogP contribution in [-0.4, -0.2) is 65.2 Å². The Labute approximate surface area is 175 Å². The second-order valence-electron chi connectivity index (χ2n) is 6.59. The van der Waals surface area contributed by atoms with Gasteiger partial charge in [0.2, 0.25) is 0 Å². The van der Waals surface area contributed by atoms with Gasteiger partial charge < -0.3 is 30.8 Å². The predicted octanol–water partition coefficient (Wildman–Crippen LogP) is 1.25. The number of thiazole rings is 1. The van der Waals surface area contributed by atoms with Crippen molar-refractivity contribution < 1.29 is 24.2 Å². The summed E-state index contributed by atoms with van der Waals surface area (Å²) < 4.78 is 5.53. The van der Waals surface area contributed by atoms with Gasteiger partial charge >= 0.3 is 5.97 Å². The number of piperidine rings is 1. The Bertz CT molecular complexity index is 907. The molecule has 10 nitrogen and oxygen atoms in total. The first-order chi connectivity index (χ1) is 13.7. The average molecular weight is 442 g/mol. The summed E-state index contributed by atoms with van der Waals surface area (Å²) in [6.45, 7) is 2.62. The highest BCUT2D eigenvalue weighted by Gasteiger charge is 2.33. The number of anilines is 1. The highest BCUT2D eigenvalue weighted by Crippen LogP contribution is 2.29. The largest absolute Gasteiger partial charge is 0.477 e. The highest BCUT2D eigenvalue weighted by atomic mass is 35.5. The van der Waals surface area contributed by atoms with E-state index in [1.54, 1.807) is 13.0 Å². The zero-order chi connectivity index (χ0) is 21.3.